The van der Waals surface area contributed by atoms with Crippen LogP contribution in [-0.2, 0) is 4.79 Å². The van der Waals surface area contributed by atoms with E-state index in [1.807, 2.05) is 48.5 Å². The third kappa shape index (κ3) is 1.88. The van der Waals surface area contributed by atoms with Gasteiger partial charge in [-0.3, -0.25) is 9.78 Å². The molecule has 0 bridgehead atoms. The molecule has 1 aliphatic rings. The molecule has 3 rings (SSSR count). The Kier molecular flexibility index (Phi) is 2.61. The zero-order valence-electron chi connectivity index (χ0n) is 9.65. The smallest absolute Gasteiger partial charge is 0.253 e. The summed E-state index contributed by atoms with van der Waals surface area (Å²) in [5.74, 6) is -0.0261. The monoisotopic (exact) mass is 237 g/mol. The van der Waals surface area contributed by atoms with Gasteiger partial charge in [0.2, 0.25) is 0 Å². The maximum Gasteiger partial charge on any atom is 0.253 e. The topological polar surface area (TPSA) is 45.6 Å². The van der Waals surface area contributed by atoms with Crippen molar-refractivity contribution < 1.29 is 4.79 Å². The van der Waals surface area contributed by atoms with Crippen molar-refractivity contribution in [3.63, 3.8) is 0 Å². The van der Waals surface area contributed by atoms with Crippen molar-refractivity contribution in [1.82, 2.24) is 4.98 Å². The van der Waals surface area contributed by atoms with Crippen LogP contribution in [0.2, 0.25) is 0 Å². The molecule has 1 amide bonds. The Labute approximate surface area is 105 Å². The van der Waals surface area contributed by atoms with Gasteiger partial charge in [0, 0.05) is 6.20 Å². The van der Waals surface area contributed by atoms with Gasteiger partial charge in [0.05, 0.1) is 23.5 Å². The minimum absolute atomic E-state index is 0.0261. The molecule has 1 aromatic heterocycles. The molecule has 2 heterocycles. The van der Waals surface area contributed by atoms with Crippen LogP contribution in [0.3, 0.4) is 0 Å². The number of hydrazone groups is 1. The van der Waals surface area contributed by atoms with E-state index >= 15 is 0 Å². The highest BCUT2D eigenvalue weighted by Gasteiger charge is 2.26. The molecule has 0 saturated heterocycles. The maximum absolute atomic E-state index is 11.9. The second-order valence-electron chi connectivity index (χ2n) is 3.98. The second-order valence-corrected chi connectivity index (χ2v) is 3.98. The quantitative estimate of drug-likeness (QED) is 0.804. The normalized spacial score (nSPS) is 14.8. The number of carbonyl (C=O) groups is 1. The van der Waals surface area contributed by atoms with Gasteiger partial charge in [0.25, 0.3) is 5.91 Å². The summed E-state index contributed by atoms with van der Waals surface area (Å²) in [7, 11) is 0. The number of rotatable bonds is 2. The molecule has 0 spiro atoms. The van der Waals surface area contributed by atoms with Gasteiger partial charge in [0.1, 0.15) is 0 Å². The largest absolute Gasteiger partial charge is 0.272 e. The molecule has 1 aliphatic heterocycles. The summed E-state index contributed by atoms with van der Waals surface area (Å²) < 4.78 is 0. The van der Waals surface area contributed by atoms with Crippen LogP contribution in [0.15, 0.2) is 59.8 Å². The predicted molar refractivity (Wildman–Crippen MR) is 69.3 cm³/mol. The lowest BCUT2D eigenvalue weighted by Gasteiger charge is -2.10. The molecule has 0 unspecified atom stereocenters. The number of amides is 1. The van der Waals surface area contributed by atoms with Crippen molar-refractivity contribution in [2.24, 2.45) is 5.10 Å². The fraction of sp³-hybridized carbons (Fsp3) is 0.0714. The number of benzene rings is 1. The van der Waals surface area contributed by atoms with Crippen LogP contribution in [0.5, 0.6) is 0 Å². The lowest BCUT2D eigenvalue weighted by atomic mass is 10.2. The Morgan fingerprint density at radius 3 is 2.50 bits per heavy atom. The molecular formula is C14H11N3O. The number of anilines is 1. The summed E-state index contributed by atoms with van der Waals surface area (Å²) in [6, 6.07) is 15.0. The molecule has 0 radical (unpaired) electrons. The summed E-state index contributed by atoms with van der Waals surface area (Å²) in [5.41, 5.74) is 2.25. The number of nitrogens with zero attached hydrogens (tertiary/aromatic N) is 3. The molecular weight excluding hydrogens is 226 g/mol. The first-order chi connectivity index (χ1) is 8.84. The molecule has 4 nitrogen and oxygen atoms in total. The molecule has 0 aliphatic carbocycles. The number of hydrogen-bond acceptors (Lipinski definition) is 3. The van der Waals surface area contributed by atoms with Crippen LogP contribution < -0.4 is 5.01 Å². The van der Waals surface area contributed by atoms with Gasteiger partial charge in [-0.15, -0.1) is 0 Å². The molecule has 18 heavy (non-hydrogen) atoms. The van der Waals surface area contributed by atoms with Crippen molar-refractivity contribution >= 4 is 17.3 Å². The summed E-state index contributed by atoms with van der Waals surface area (Å²) in [5, 5.41) is 5.78. The lowest BCUT2D eigenvalue weighted by Crippen LogP contribution is -2.19. The average molecular weight is 237 g/mol. The number of hydrogen-bond donors (Lipinski definition) is 0. The summed E-state index contributed by atoms with van der Waals surface area (Å²) >= 11 is 0. The first-order valence-electron chi connectivity index (χ1n) is 5.71. The first kappa shape index (κ1) is 10.7. The van der Waals surface area contributed by atoms with E-state index in [9.17, 15) is 4.79 Å². The third-order valence-corrected chi connectivity index (χ3v) is 2.74. The first-order valence-corrected chi connectivity index (χ1v) is 5.71. The Hall–Kier alpha value is -2.49. The van der Waals surface area contributed by atoms with E-state index in [0.717, 1.165) is 11.4 Å². The van der Waals surface area contributed by atoms with Crippen LogP contribution in [0.25, 0.3) is 0 Å². The Balaban J connectivity index is 1.95. The number of para-hydroxylation sites is 1. The van der Waals surface area contributed by atoms with E-state index in [0.29, 0.717) is 12.1 Å². The van der Waals surface area contributed by atoms with Crippen LogP contribution in [0.1, 0.15) is 12.1 Å². The standard InChI is InChI=1S/C14H11N3O/c18-14-10-13(12-8-4-5-9-15-12)16-17(14)11-6-2-1-3-7-11/h1-9H,10H2. The summed E-state index contributed by atoms with van der Waals surface area (Å²) in [6.07, 6.45) is 2.00. The van der Waals surface area contributed by atoms with Gasteiger partial charge < -0.3 is 0 Å². The van der Waals surface area contributed by atoms with E-state index in [-0.39, 0.29) is 5.91 Å². The van der Waals surface area contributed by atoms with Crippen molar-refractivity contribution in [3.05, 3.63) is 60.4 Å². The molecule has 0 fully saturated rings. The highest BCUT2D eigenvalue weighted by Crippen LogP contribution is 2.21. The molecule has 4 heteroatoms. The van der Waals surface area contributed by atoms with Crippen LogP contribution in [-0.4, -0.2) is 16.6 Å². The van der Waals surface area contributed by atoms with E-state index in [4.69, 9.17) is 0 Å². The van der Waals surface area contributed by atoms with Gasteiger partial charge in [0.15, 0.2) is 0 Å². The molecule has 1 aromatic carbocycles. The van der Waals surface area contributed by atoms with Crippen molar-refractivity contribution in [1.29, 1.82) is 0 Å². The zero-order chi connectivity index (χ0) is 12.4. The number of aromatic nitrogens is 1. The molecule has 0 atom stereocenters. The zero-order valence-corrected chi connectivity index (χ0v) is 9.65. The van der Waals surface area contributed by atoms with E-state index in [1.54, 1.807) is 6.20 Å². The summed E-state index contributed by atoms with van der Waals surface area (Å²) in [4.78, 5) is 16.2. The number of pyridine rings is 1. The Morgan fingerprint density at radius 1 is 1.00 bits per heavy atom. The van der Waals surface area contributed by atoms with E-state index in [2.05, 4.69) is 10.1 Å². The fourth-order valence-electron chi connectivity index (χ4n) is 1.88. The lowest BCUT2D eigenvalue weighted by molar-refractivity contribution is -0.116. The summed E-state index contributed by atoms with van der Waals surface area (Å²) in [6.45, 7) is 0. The maximum atomic E-state index is 11.9. The van der Waals surface area contributed by atoms with Gasteiger partial charge in [-0.1, -0.05) is 24.3 Å². The van der Waals surface area contributed by atoms with Crippen molar-refractivity contribution in [2.45, 2.75) is 6.42 Å². The second kappa shape index (κ2) is 4.41. The Bertz CT molecular complexity index is 593. The van der Waals surface area contributed by atoms with E-state index in [1.165, 1.54) is 5.01 Å². The van der Waals surface area contributed by atoms with E-state index < -0.39 is 0 Å². The van der Waals surface area contributed by atoms with Crippen LogP contribution >= 0.6 is 0 Å². The van der Waals surface area contributed by atoms with Gasteiger partial charge in [-0.05, 0) is 24.3 Å². The number of carbonyl (C=O) groups excluding carboxylic acids is 1. The Morgan fingerprint density at radius 2 is 1.78 bits per heavy atom. The minimum atomic E-state index is -0.0261. The highest BCUT2D eigenvalue weighted by molar-refractivity contribution is 6.18. The van der Waals surface area contributed by atoms with Crippen LogP contribution in [0, 0.1) is 0 Å². The molecule has 0 N–H and O–H groups in total. The molecule has 88 valence electrons. The SMILES string of the molecule is O=C1CC(c2ccccn2)=NN1c1ccccc1. The van der Waals surface area contributed by atoms with Crippen molar-refractivity contribution in [2.75, 3.05) is 5.01 Å². The predicted octanol–water partition coefficient (Wildman–Crippen LogP) is 2.22. The van der Waals surface area contributed by atoms with Gasteiger partial charge >= 0.3 is 0 Å². The molecule has 0 saturated carbocycles. The van der Waals surface area contributed by atoms with Gasteiger partial charge in [-0.25, -0.2) is 5.01 Å². The van der Waals surface area contributed by atoms with Crippen LogP contribution in [0.4, 0.5) is 5.69 Å². The fourth-order valence-corrected chi connectivity index (χ4v) is 1.88. The molecule has 2 aromatic rings. The third-order valence-electron chi connectivity index (χ3n) is 2.74. The van der Waals surface area contributed by atoms with Crippen molar-refractivity contribution in [3.8, 4) is 0 Å². The highest BCUT2D eigenvalue weighted by atomic mass is 16.2. The average Bonchev–Trinajstić information content (AvgIpc) is 2.83. The minimum Gasteiger partial charge on any atom is -0.272 e. The van der Waals surface area contributed by atoms with Gasteiger partial charge in [-0.2, -0.15) is 5.10 Å².